The summed E-state index contributed by atoms with van der Waals surface area (Å²) < 4.78 is 13.4. The van der Waals surface area contributed by atoms with Crippen LogP contribution in [0, 0.1) is 19.7 Å². The number of hydrogen-bond donors (Lipinski definition) is 2. The number of nitrogens with two attached hydrogens (primary N) is 1. The maximum atomic E-state index is 13.4. The van der Waals surface area contributed by atoms with Crippen LogP contribution in [0.1, 0.15) is 10.4 Å². The molecule has 0 saturated heterocycles. The van der Waals surface area contributed by atoms with Crippen molar-refractivity contribution in [2.75, 3.05) is 5.73 Å². The average molecular weight is 211 g/mol. The van der Waals surface area contributed by atoms with Crippen LogP contribution >= 0.6 is 11.3 Å². The number of nitrogens with zero attached hydrogens (tertiary/aromatic N) is 1. The highest BCUT2D eigenvalue weighted by atomic mass is 32.1. The highest BCUT2D eigenvalue weighted by Crippen LogP contribution is 2.31. The SMILES string of the molecule is Cc1scc(-c2[nH]nc(N)c2F)c1C. The van der Waals surface area contributed by atoms with Crippen molar-refractivity contribution < 1.29 is 4.39 Å². The van der Waals surface area contributed by atoms with Gasteiger partial charge in [0.25, 0.3) is 0 Å². The van der Waals surface area contributed by atoms with Crippen molar-refractivity contribution in [3.05, 3.63) is 21.6 Å². The van der Waals surface area contributed by atoms with E-state index in [0.29, 0.717) is 5.69 Å². The number of thiophene rings is 1. The number of aryl methyl sites for hydroxylation is 1. The summed E-state index contributed by atoms with van der Waals surface area (Å²) in [6, 6.07) is 0. The topological polar surface area (TPSA) is 54.7 Å². The van der Waals surface area contributed by atoms with Crippen molar-refractivity contribution in [3.8, 4) is 11.3 Å². The molecular formula is C9H10FN3S. The standard InChI is InChI=1S/C9H10FN3S/c1-4-5(2)14-3-6(4)8-7(10)9(11)13-12-8/h3H,1-2H3,(H3,11,12,13). The molecule has 0 aliphatic rings. The van der Waals surface area contributed by atoms with E-state index in [4.69, 9.17) is 5.73 Å². The van der Waals surface area contributed by atoms with Gasteiger partial charge in [-0.2, -0.15) is 5.10 Å². The van der Waals surface area contributed by atoms with E-state index in [1.54, 1.807) is 11.3 Å². The Bertz CT molecular complexity index is 428. The van der Waals surface area contributed by atoms with E-state index in [1.165, 1.54) is 4.88 Å². The summed E-state index contributed by atoms with van der Waals surface area (Å²) in [5, 5.41) is 8.13. The minimum Gasteiger partial charge on any atom is -0.380 e. The molecule has 2 aromatic rings. The zero-order chi connectivity index (χ0) is 10.3. The van der Waals surface area contributed by atoms with Crippen molar-refractivity contribution in [1.29, 1.82) is 0 Å². The third-order valence-corrected chi connectivity index (χ3v) is 3.30. The first-order valence-corrected chi connectivity index (χ1v) is 5.03. The molecule has 0 radical (unpaired) electrons. The smallest absolute Gasteiger partial charge is 0.192 e. The van der Waals surface area contributed by atoms with Gasteiger partial charge < -0.3 is 5.73 Å². The molecule has 0 amide bonds. The summed E-state index contributed by atoms with van der Waals surface area (Å²) in [6.07, 6.45) is 0. The van der Waals surface area contributed by atoms with E-state index in [0.717, 1.165) is 11.1 Å². The second-order valence-electron chi connectivity index (χ2n) is 3.13. The lowest BCUT2D eigenvalue weighted by atomic mass is 10.1. The van der Waals surface area contributed by atoms with Gasteiger partial charge in [0.2, 0.25) is 0 Å². The fourth-order valence-corrected chi connectivity index (χ4v) is 2.16. The molecule has 0 aliphatic carbocycles. The lowest BCUT2D eigenvalue weighted by molar-refractivity contribution is 0.636. The average Bonchev–Trinajstić information content (AvgIpc) is 2.63. The van der Waals surface area contributed by atoms with Gasteiger partial charge in [-0.15, -0.1) is 11.3 Å². The van der Waals surface area contributed by atoms with Crippen LogP contribution in [-0.4, -0.2) is 10.2 Å². The van der Waals surface area contributed by atoms with Crippen LogP contribution in [-0.2, 0) is 0 Å². The summed E-state index contributed by atoms with van der Waals surface area (Å²) in [6.45, 7) is 3.96. The van der Waals surface area contributed by atoms with Gasteiger partial charge in [-0.05, 0) is 19.4 Å². The summed E-state index contributed by atoms with van der Waals surface area (Å²) in [5.41, 5.74) is 7.61. The minimum absolute atomic E-state index is 0.0803. The Morgan fingerprint density at radius 1 is 1.50 bits per heavy atom. The summed E-state index contributed by atoms with van der Waals surface area (Å²) in [5.74, 6) is -0.547. The number of nitrogen functional groups attached to an aromatic ring is 1. The van der Waals surface area contributed by atoms with Crippen molar-refractivity contribution in [1.82, 2.24) is 10.2 Å². The number of aromatic amines is 1. The van der Waals surface area contributed by atoms with Crippen LogP contribution < -0.4 is 5.73 Å². The van der Waals surface area contributed by atoms with Crippen LogP contribution in [0.3, 0.4) is 0 Å². The maximum absolute atomic E-state index is 13.4. The Labute approximate surface area is 84.8 Å². The molecule has 0 bridgehead atoms. The van der Waals surface area contributed by atoms with E-state index in [9.17, 15) is 4.39 Å². The lowest BCUT2D eigenvalue weighted by Gasteiger charge is -1.96. The summed E-state index contributed by atoms with van der Waals surface area (Å²) in [4.78, 5) is 1.17. The largest absolute Gasteiger partial charge is 0.380 e. The van der Waals surface area contributed by atoms with Gasteiger partial charge in [-0.25, -0.2) is 4.39 Å². The van der Waals surface area contributed by atoms with Crippen molar-refractivity contribution in [3.63, 3.8) is 0 Å². The molecule has 0 spiro atoms. The van der Waals surface area contributed by atoms with Crippen molar-refractivity contribution >= 4 is 17.2 Å². The molecule has 0 unspecified atom stereocenters. The number of halogens is 1. The molecule has 2 aromatic heterocycles. The van der Waals surface area contributed by atoms with Crippen LogP contribution in [0.2, 0.25) is 0 Å². The number of rotatable bonds is 1. The van der Waals surface area contributed by atoms with Crippen molar-refractivity contribution in [2.24, 2.45) is 0 Å². The third-order valence-electron chi connectivity index (χ3n) is 2.29. The molecule has 2 heterocycles. The van der Waals surface area contributed by atoms with Gasteiger partial charge in [-0.3, -0.25) is 5.10 Å². The Morgan fingerprint density at radius 3 is 2.64 bits per heavy atom. The Hall–Kier alpha value is -1.36. The van der Waals surface area contributed by atoms with Gasteiger partial charge in [0.05, 0.1) is 0 Å². The first-order chi connectivity index (χ1) is 6.61. The molecule has 14 heavy (non-hydrogen) atoms. The monoisotopic (exact) mass is 211 g/mol. The predicted molar refractivity (Wildman–Crippen MR) is 55.7 cm³/mol. The van der Waals surface area contributed by atoms with Crippen LogP contribution in [0.25, 0.3) is 11.3 Å². The van der Waals surface area contributed by atoms with Gasteiger partial charge in [0.15, 0.2) is 11.6 Å². The Kier molecular flexibility index (Phi) is 2.03. The van der Waals surface area contributed by atoms with Crippen molar-refractivity contribution in [2.45, 2.75) is 13.8 Å². The molecule has 2 rings (SSSR count). The number of aromatic nitrogens is 2. The second kappa shape index (κ2) is 3.09. The van der Waals surface area contributed by atoms with E-state index in [1.807, 2.05) is 19.2 Å². The van der Waals surface area contributed by atoms with Crippen LogP contribution in [0.5, 0.6) is 0 Å². The molecule has 3 N–H and O–H groups in total. The van der Waals surface area contributed by atoms with Crippen LogP contribution in [0.4, 0.5) is 10.2 Å². The lowest BCUT2D eigenvalue weighted by Crippen LogP contribution is -1.87. The van der Waals surface area contributed by atoms with E-state index in [-0.39, 0.29) is 5.82 Å². The summed E-state index contributed by atoms with van der Waals surface area (Å²) >= 11 is 1.59. The van der Waals surface area contributed by atoms with Gasteiger partial charge in [-0.1, -0.05) is 0 Å². The Balaban J connectivity index is 2.60. The maximum Gasteiger partial charge on any atom is 0.192 e. The molecule has 0 aromatic carbocycles. The first kappa shape index (κ1) is 9.21. The predicted octanol–water partition coefficient (Wildman–Crippen LogP) is 2.48. The fraction of sp³-hybridized carbons (Fsp3) is 0.222. The molecule has 0 atom stereocenters. The highest BCUT2D eigenvalue weighted by molar-refractivity contribution is 7.10. The zero-order valence-electron chi connectivity index (χ0n) is 7.89. The van der Waals surface area contributed by atoms with Crippen LogP contribution in [0.15, 0.2) is 5.38 Å². The third kappa shape index (κ3) is 1.21. The normalized spacial score (nSPS) is 10.8. The van der Waals surface area contributed by atoms with E-state index >= 15 is 0 Å². The quantitative estimate of drug-likeness (QED) is 0.761. The van der Waals surface area contributed by atoms with Gasteiger partial charge in [0, 0.05) is 15.8 Å². The number of H-pyrrole nitrogens is 1. The van der Waals surface area contributed by atoms with Gasteiger partial charge >= 0.3 is 0 Å². The highest BCUT2D eigenvalue weighted by Gasteiger charge is 2.15. The fourth-order valence-electron chi connectivity index (χ4n) is 1.28. The molecule has 3 nitrogen and oxygen atoms in total. The Morgan fingerprint density at radius 2 is 2.21 bits per heavy atom. The molecular weight excluding hydrogens is 201 g/mol. The molecule has 5 heteroatoms. The molecule has 74 valence electrons. The molecule has 0 fully saturated rings. The number of nitrogens with one attached hydrogen (secondary N) is 1. The van der Waals surface area contributed by atoms with E-state index < -0.39 is 5.82 Å². The number of anilines is 1. The molecule has 0 saturated carbocycles. The number of hydrogen-bond acceptors (Lipinski definition) is 3. The minimum atomic E-state index is -0.467. The summed E-state index contributed by atoms with van der Waals surface area (Å²) in [7, 11) is 0. The molecule has 0 aliphatic heterocycles. The van der Waals surface area contributed by atoms with E-state index in [2.05, 4.69) is 10.2 Å². The second-order valence-corrected chi connectivity index (χ2v) is 4.21. The first-order valence-electron chi connectivity index (χ1n) is 4.15. The zero-order valence-corrected chi connectivity index (χ0v) is 8.70. The van der Waals surface area contributed by atoms with Gasteiger partial charge in [0.1, 0.15) is 5.69 Å².